The Labute approximate surface area is 203 Å². The van der Waals surface area contributed by atoms with Gasteiger partial charge in [0.1, 0.15) is 5.03 Å². The molecule has 0 radical (unpaired) electrons. The van der Waals surface area contributed by atoms with Crippen molar-refractivity contribution >= 4 is 45.0 Å². The highest BCUT2D eigenvalue weighted by Crippen LogP contribution is 2.33. The molecule has 0 saturated carbocycles. The summed E-state index contributed by atoms with van der Waals surface area (Å²) < 4.78 is 38.9. The van der Waals surface area contributed by atoms with Gasteiger partial charge in [-0.1, -0.05) is 78.5 Å². The van der Waals surface area contributed by atoms with E-state index in [2.05, 4.69) is 5.32 Å². The Morgan fingerprint density at radius 3 is 2.40 bits per heavy atom. The van der Waals surface area contributed by atoms with Crippen LogP contribution in [0.15, 0.2) is 96.0 Å². The fourth-order valence-electron chi connectivity index (χ4n) is 3.77. The number of fused-ring (bicyclic) bond motifs is 3. The van der Waals surface area contributed by atoms with Crippen molar-refractivity contribution in [2.45, 2.75) is 11.2 Å². The summed E-state index contributed by atoms with van der Waals surface area (Å²) in [6.45, 7) is 0. The molecule has 35 heavy (non-hydrogen) atoms. The van der Waals surface area contributed by atoms with E-state index < -0.39 is 17.6 Å². The van der Waals surface area contributed by atoms with E-state index in [4.69, 9.17) is 9.97 Å². The Morgan fingerprint density at radius 1 is 0.829 bits per heavy atom. The van der Waals surface area contributed by atoms with Gasteiger partial charge in [0.2, 0.25) is 5.91 Å². The van der Waals surface area contributed by atoms with E-state index in [-0.39, 0.29) is 11.4 Å². The molecule has 0 spiro atoms. The number of aromatic nitrogens is 2. The first-order valence-electron chi connectivity index (χ1n) is 10.7. The lowest BCUT2D eigenvalue weighted by atomic mass is 10.1. The van der Waals surface area contributed by atoms with Crippen LogP contribution in [0.25, 0.3) is 33.1 Å². The largest absolute Gasteiger partial charge is 0.416 e. The lowest BCUT2D eigenvalue weighted by Gasteiger charge is -2.12. The Bertz CT molecular complexity index is 1540. The molecule has 0 aliphatic rings. The molecule has 5 rings (SSSR count). The minimum absolute atomic E-state index is 0.0244. The monoisotopic (exact) mass is 489 g/mol. The molecule has 1 amide bonds. The molecule has 1 heterocycles. The summed E-state index contributed by atoms with van der Waals surface area (Å²) in [7, 11) is 0. The van der Waals surface area contributed by atoms with Crippen molar-refractivity contribution in [3.63, 3.8) is 0 Å². The van der Waals surface area contributed by atoms with Crippen LogP contribution >= 0.6 is 11.8 Å². The Hall–Kier alpha value is -3.91. The predicted molar refractivity (Wildman–Crippen MR) is 133 cm³/mol. The third-order valence-electron chi connectivity index (χ3n) is 5.40. The molecule has 1 aromatic heterocycles. The molecule has 0 aliphatic carbocycles. The summed E-state index contributed by atoms with van der Waals surface area (Å²) in [5.41, 5.74) is 0.897. The number of alkyl halides is 3. The Balaban J connectivity index is 1.47. The van der Waals surface area contributed by atoms with Gasteiger partial charge in [0.25, 0.3) is 0 Å². The van der Waals surface area contributed by atoms with E-state index in [9.17, 15) is 18.0 Å². The Morgan fingerprint density at radius 2 is 1.60 bits per heavy atom. The summed E-state index contributed by atoms with van der Waals surface area (Å²) >= 11 is 1.22. The zero-order valence-electron chi connectivity index (χ0n) is 18.2. The number of carbonyl (C=O) groups excluding carboxylic acids is 1. The SMILES string of the molecule is O=C(CSc1nc(-c2ccccc2)nc2c1ccc1ccccc12)Nc1cccc(C(F)(F)F)c1. The summed E-state index contributed by atoms with van der Waals surface area (Å²) in [4.78, 5) is 22.2. The van der Waals surface area contributed by atoms with Gasteiger partial charge in [-0.2, -0.15) is 13.2 Å². The molecule has 4 nitrogen and oxygen atoms in total. The van der Waals surface area contributed by atoms with Gasteiger partial charge in [0.05, 0.1) is 16.8 Å². The molecule has 0 bridgehead atoms. The molecule has 0 aliphatic heterocycles. The quantitative estimate of drug-likeness (QED) is 0.161. The van der Waals surface area contributed by atoms with Crippen molar-refractivity contribution < 1.29 is 18.0 Å². The molecule has 0 atom stereocenters. The summed E-state index contributed by atoms with van der Waals surface area (Å²) in [6.07, 6.45) is -4.48. The van der Waals surface area contributed by atoms with E-state index in [1.54, 1.807) is 0 Å². The van der Waals surface area contributed by atoms with Gasteiger partial charge in [-0.25, -0.2) is 9.97 Å². The molecular formula is C27H18F3N3OS. The van der Waals surface area contributed by atoms with E-state index in [0.29, 0.717) is 10.9 Å². The van der Waals surface area contributed by atoms with Crippen molar-refractivity contribution in [3.05, 3.63) is 96.6 Å². The van der Waals surface area contributed by atoms with Crippen LogP contribution < -0.4 is 5.32 Å². The van der Waals surface area contributed by atoms with E-state index in [0.717, 1.165) is 39.4 Å². The second-order valence-electron chi connectivity index (χ2n) is 7.82. The zero-order chi connectivity index (χ0) is 24.4. The number of nitrogens with one attached hydrogen (secondary N) is 1. The lowest BCUT2D eigenvalue weighted by molar-refractivity contribution is -0.137. The molecule has 0 unspecified atom stereocenters. The smallest absolute Gasteiger partial charge is 0.325 e. The second-order valence-corrected chi connectivity index (χ2v) is 8.78. The highest BCUT2D eigenvalue weighted by molar-refractivity contribution is 8.00. The maximum atomic E-state index is 13.0. The topological polar surface area (TPSA) is 54.9 Å². The first-order valence-corrected chi connectivity index (χ1v) is 11.7. The van der Waals surface area contributed by atoms with Crippen LogP contribution in [-0.4, -0.2) is 21.6 Å². The average molecular weight is 490 g/mol. The van der Waals surface area contributed by atoms with Crippen LogP contribution in [0.3, 0.4) is 0 Å². The summed E-state index contributed by atoms with van der Waals surface area (Å²) in [6, 6.07) is 26.0. The molecule has 5 aromatic rings. The van der Waals surface area contributed by atoms with Crippen molar-refractivity contribution in [1.82, 2.24) is 9.97 Å². The van der Waals surface area contributed by atoms with Crippen LogP contribution in [-0.2, 0) is 11.0 Å². The molecule has 174 valence electrons. The van der Waals surface area contributed by atoms with Crippen LogP contribution in [0, 0.1) is 0 Å². The normalized spacial score (nSPS) is 11.6. The maximum absolute atomic E-state index is 13.0. The number of halogens is 3. The number of hydrogen-bond donors (Lipinski definition) is 1. The standard InChI is InChI=1S/C27H18F3N3OS/c28-27(29,30)19-10-6-11-20(15-19)31-23(34)16-35-26-22-14-13-17-7-4-5-12-21(17)24(22)32-25(33-26)18-8-2-1-3-9-18/h1-15H,16H2,(H,31,34). The number of benzene rings is 4. The number of thioether (sulfide) groups is 1. The minimum atomic E-state index is -4.48. The van der Waals surface area contributed by atoms with Crippen LogP contribution in [0.1, 0.15) is 5.56 Å². The number of hydrogen-bond acceptors (Lipinski definition) is 4. The highest BCUT2D eigenvalue weighted by atomic mass is 32.2. The maximum Gasteiger partial charge on any atom is 0.416 e. The summed E-state index contributed by atoms with van der Waals surface area (Å²) in [5.74, 6) is 0.0852. The van der Waals surface area contributed by atoms with Crippen LogP contribution in [0.4, 0.5) is 18.9 Å². The molecular weight excluding hydrogens is 471 g/mol. The average Bonchev–Trinajstić information content (AvgIpc) is 2.87. The van der Waals surface area contributed by atoms with Gasteiger partial charge in [0, 0.05) is 22.0 Å². The molecule has 0 fully saturated rings. The van der Waals surface area contributed by atoms with Gasteiger partial charge in [-0.05, 0) is 29.7 Å². The van der Waals surface area contributed by atoms with Gasteiger partial charge in [-0.3, -0.25) is 4.79 Å². The highest BCUT2D eigenvalue weighted by Gasteiger charge is 2.30. The minimum Gasteiger partial charge on any atom is -0.325 e. The Kier molecular flexibility index (Phi) is 6.13. The van der Waals surface area contributed by atoms with E-state index >= 15 is 0 Å². The number of anilines is 1. The first kappa shape index (κ1) is 22.9. The molecule has 4 aromatic carbocycles. The first-order chi connectivity index (χ1) is 16.9. The fourth-order valence-corrected chi connectivity index (χ4v) is 4.58. The third kappa shape index (κ3) is 4.97. The molecule has 0 saturated heterocycles. The number of amides is 1. The fraction of sp³-hybridized carbons (Fsp3) is 0.0741. The predicted octanol–water partition coefficient (Wildman–Crippen LogP) is 7.20. The third-order valence-corrected chi connectivity index (χ3v) is 6.39. The van der Waals surface area contributed by atoms with Gasteiger partial charge >= 0.3 is 6.18 Å². The van der Waals surface area contributed by atoms with E-state index in [1.807, 2.05) is 66.7 Å². The second kappa shape index (κ2) is 9.38. The molecule has 1 N–H and O–H groups in total. The van der Waals surface area contributed by atoms with Crippen molar-refractivity contribution in [3.8, 4) is 11.4 Å². The number of rotatable bonds is 5. The van der Waals surface area contributed by atoms with E-state index in [1.165, 1.54) is 23.9 Å². The number of nitrogens with zero attached hydrogens (tertiary/aromatic N) is 2. The lowest BCUT2D eigenvalue weighted by Crippen LogP contribution is -2.15. The number of carbonyl (C=O) groups is 1. The van der Waals surface area contributed by atoms with Crippen LogP contribution in [0.5, 0.6) is 0 Å². The van der Waals surface area contributed by atoms with Gasteiger partial charge in [0.15, 0.2) is 5.82 Å². The summed E-state index contributed by atoms with van der Waals surface area (Å²) in [5, 5.41) is 5.99. The van der Waals surface area contributed by atoms with Crippen molar-refractivity contribution in [1.29, 1.82) is 0 Å². The van der Waals surface area contributed by atoms with Crippen molar-refractivity contribution in [2.75, 3.05) is 11.1 Å². The molecule has 8 heteroatoms. The van der Waals surface area contributed by atoms with Gasteiger partial charge < -0.3 is 5.32 Å². The van der Waals surface area contributed by atoms with Crippen LogP contribution in [0.2, 0.25) is 0 Å². The van der Waals surface area contributed by atoms with Gasteiger partial charge in [-0.15, -0.1) is 0 Å². The zero-order valence-corrected chi connectivity index (χ0v) is 19.0. The van der Waals surface area contributed by atoms with Crippen molar-refractivity contribution in [2.24, 2.45) is 0 Å².